The Bertz CT molecular complexity index is 1000. The molecule has 3 rings (SSSR count). The number of carbonyl (C=O) groups is 2. The van der Waals surface area contributed by atoms with Crippen molar-refractivity contribution in [2.45, 2.75) is 18.5 Å². The molecule has 0 heterocycles. The summed E-state index contributed by atoms with van der Waals surface area (Å²) < 4.78 is 0. The largest absolute Gasteiger partial charge is 0.508 e. The lowest BCUT2D eigenvalue weighted by Gasteiger charge is -2.19. The van der Waals surface area contributed by atoms with Crippen molar-refractivity contribution >= 4 is 28.3 Å². The maximum absolute atomic E-state index is 12.9. The fourth-order valence-corrected chi connectivity index (χ4v) is 2.95. The molecule has 0 saturated carbocycles. The summed E-state index contributed by atoms with van der Waals surface area (Å²) in [4.78, 5) is 25.1. The van der Waals surface area contributed by atoms with Crippen LogP contribution in [-0.4, -0.2) is 40.7 Å². The Morgan fingerprint density at radius 1 is 0.931 bits per heavy atom. The Morgan fingerprint density at radius 2 is 1.62 bits per heavy atom. The molecule has 3 aromatic rings. The number of quaternary nitrogens is 1. The van der Waals surface area contributed by atoms with Crippen LogP contribution in [0, 0.1) is 0 Å². The minimum absolute atomic E-state index is 0.119. The summed E-state index contributed by atoms with van der Waals surface area (Å²) in [5.74, 6) is -0.773. The van der Waals surface area contributed by atoms with Crippen LogP contribution in [0.2, 0.25) is 0 Å². The molecule has 0 aliphatic rings. The second-order valence-corrected chi connectivity index (χ2v) is 6.86. The average molecular weight is 394 g/mol. The molecule has 0 spiro atoms. The van der Waals surface area contributed by atoms with Crippen molar-refractivity contribution in [2.24, 2.45) is 0 Å². The topological polar surface area (TPSA) is 126 Å². The highest BCUT2D eigenvalue weighted by molar-refractivity contribution is 5.99. The summed E-state index contributed by atoms with van der Waals surface area (Å²) in [6.07, 6.45) is 0.226. The number of carbonyl (C=O) groups excluding carboxylic acids is 2. The molecular formula is C22H24N3O4+. The number of benzene rings is 3. The third-order valence-electron chi connectivity index (χ3n) is 4.62. The number of rotatable bonds is 7. The smallest absolute Gasteiger partial charge is 0.281 e. The summed E-state index contributed by atoms with van der Waals surface area (Å²) in [5, 5.41) is 26.1. The number of hydrogen-bond donors (Lipinski definition) is 5. The van der Waals surface area contributed by atoms with Crippen LogP contribution in [-0.2, 0) is 16.0 Å². The first-order chi connectivity index (χ1) is 14.0. The Kier molecular flexibility index (Phi) is 6.43. The fourth-order valence-electron chi connectivity index (χ4n) is 2.95. The summed E-state index contributed by atoms with van der Waals surface area (Å²) in [6.45, 7) is -0.413. The van der Waals surface area contributed by atoms with Crippen LogP contribution in [0.1, 0.15) is 5.56 Å². The second kappa shape index (κ2) is 9.18. The van der Waals surface area contributed by atoms with E-state index in [9.17, 15) is 14.7 Å². The van der Waals surface area contributed by atoms with Gasteiger partial charge in [-0.25, -0.2) is 0 Å². The van der Waals surface area contributed by atoms with Crippen LogP contribution >= 0.6 is 0 Å². The van der Waals surface area contributed by atoms with E-state index in [0.29, 0.717) is 5.69 Å². The number of phenols is 1. The van der Waals surface area contributed by atoms with Crippen molar-refractivity contribution in [3.63, 3.8) is 0 Å². The van der Waals surface area contributed by atoms with E-state index in [-0.39, 0.29) is 18.1 Å². The van der Waals surface area contributed by atoms with Crippen molar-refractivity contribution in [1.29, 1.82) is 0 Å². The summed E-state index contributed by atoms with van der Waals surface area (Å²) in [5.41, 5.74) is 4.97. The number of aliphatic hydroxyl groups is 1. The normalized spacial score (nSPS) is 12.9. The first-order valence-electron chi connectivity index (χ1n) is 9.28. The molecule has 0 aromatic heterocycles. The van der Waals surface area contributed by atoms with Gasteiger partial charge in [-0.3, -0.25) is 9.59 Å². The van der Waals surface area contributed by atoms with Crippen molar-refractivity contribution in [2.75, 3.05) is 11.9 Å². The Hall–Kier alpha value is -3.42. The predicted molar refractivity (Wildman–Crippen MR) is 110 cm³/mol. The molecule has 0 radical (unpaired) electrons. The maximum Gasteiger partial charge on any atom is 0.281 e. The van der Waals surface area contributed by atoms with Gasteiger partial charge in [-0.2, -0.15) is 0 Å². The third-order valence-corrected chi connectivity index (χ3v) is 4.62. The molecule has 150 valence electrons. The van der Waals surface area contributed by atoms with E-state index in [4.69, 9.17) is 5.11 Å². The van der Waals surface area contributed by atoms with Gasteiger partial charge in [0.25, 0.3) is 5.91 Å². The molecule has 7 heteroatoms. The number of aliphatic hydroxyl groups excluding tert-OH is 1. The van der Waals surface area contributed by atoms with Crippen LogP contribution in [0.15, 0.2) is 66.7 Å². The molecule has 3 aromatic carbocycles. The number of fused-ring (bicyclic) bond motifs is 1. The van der Waals surface area contributed by atoms with Crippen molar-refractivity contribution in [3.8, 4) is 5.75 Å². The lowest BCUT2D eigenvalue weighted by Crippen LogP contribution is -2.70. The van der Waals surface area contributed by atoms with E-state index in [1.54, 1.807) is 18.2 Å². The van der Waals surface area contributed by atoms with Gasteiger partial charge in [0.2, 0.25) is 5.91 Å². The minimum atomic E-state index is -0.870. The fraction of sp³-hybridized carbons (Fsp3) is 0.182. The zero-order valence-corrected chi connectivity index (χ0v) is 15.8. The van der Waals surface area contributed by atoms with E-state index in [1.165, 1.54) is 12.1 Å². The Labute approximate surface area is 168 Å². The number of aromatic hydroxyl groups is 1. The van der Waals surface area contributed by atoms with Crippen molar-refractivity contribution < 1.29 is 25.5 Å². The summed E-state index contributed by atoms with van der Waals surface area (Å²) >= 11 is 0. The molecule has 0 saturated heterocycles. The van der Waals surface area contributed by atoms with Gasteiger partial charge in [-0.15, -0.1) is 0 Å². The lowest BCUT2D eigenvalue weighted by molar-refractivity contribution is -0.409. The van der Waals surface area contributed by atoms with Gasteiger partial charge >= 0.3 is 0 Å². The summed E-state index contributed by atoms with van der Waals surface area (Å²) in [6, 6.07) is 18.1. The van der Waals surface area contributed by atoms with E-state index in [2.05, 4.69) is 16.4 Å². The second-order valence-electron chi connectivity index (χ2n) is 6.86. The molecule has 7 nitrogen and oxygen atoms in total. The molecule has 2 atom stereocenters. The molecule has 0 fully saturated rings. The van der Waals surface area contributed by atoms with Crippen LogP contribution in [0.4, 0.5) is 5.69 Å². The number of anilines is 1. The zero-order chi connectivity index (χ0) is 20.8. The summed E-state index contributed by atoms with van der Waals surface area (Å²) in [7, 11) is 0. The first kappa shape index (κ1) is 20.3. The van der Waals surface area contributed by atoms with E-state index in [0.717, 1.165) is 16.3 Å². The standard InChI is InChI=1S/C22H23N3O4/c23-19(13-26)21(28)25-20(11-14-5-9-18(27)10-6-14)22(29)24-17-8-7-15-3-1-2-4-16(15)12-17/h1-10,12,19-20,26-27H,11,13,23H2,(H,24,29)(H,25,28)/p+1/t19-,20-/m0/s1. The molecule has 2 amide bonds. The van der Waals surface area contributed by atoms with Gasteiger partial charge in [0, 0.05) is 12.1 Å². The Balaban J connectivity index is 1.79. The van der Waals surface area contributed by atoms with Crippen LogP contribution in [0.25, 0.3) is 10.8 Å². The molecule has 0 aliphatic heterocycles. The zero-order valence-electron chi connectivity index (χ0n) is 15.8. The highest BCUT2D eigenvalue weighted by atomic mass is 16.3. The van der Waals surface area contributed by atoms with Crippen molar-refractivity contribution in [1.82, 2.24) is 5.32 Å². The Morgan fingerprint density at radius 3 is 2.31 bits per heavy atom. The van der Waals surface area contributed by atoms with Gasteiger partial charge in [-0.05, 0) is 40.6 Å². The molecular weight excluding hydrogens is 370 g/mol. The number of nitrogens with one attached hydrogen (secondary N) is 2. The molecule has 7 N–H and O–H groups in total. The number of amides is 2. The van der Waals surface area contributed by atoms with Crippen LogP contribution in [0.5, 0.6) is 5.75 Å². The van der Waals surface area contributed by atoms with Gasteiger partial charge in [0.15, 0.2) is 6.04 Å². The minimum Gasteiger partial charge on any atom is -0.508 e. The molecule has 0 bridgehead atoms. The number of phenolic OH excluding ortho intramolecular Hbond substituents is 1. The van der Waals surface area contributed by atoms with Gasteiger partial charge in [0.05, 0.1) is 0 Å². The van der Waals surface area contributed by atoms with E-state index in [1.807, 2.05) is 36.4 Å². The predicted octanol–water partition coefficient (Wildman–Crippen LogP) is 0.814. The molecule has 29 heavy (non-hydrogen) atoms. The molecule has 0 unspecified atom stereocenters. The maximum atomic E-state index is 12.9. The molecule has 0 aliphatic carbocycles. The number of hydrogen-bond acceptors (Lipinski definition) is 4. The highest BCUT2D eigenvalue weighted by Gasteiger charge is 2.25. The van der Waals surface area contributed by atoms with Crippen molar-refractivity contribution in [3.05, 3.63) is 72.3 Å². The quantitative estimate of drug-likeness (QED) is 0.406. The highest BCUT2D eigenvalue weighted by Crippen LogP contribution is 2.19. The average Bonchev–Trinajstić information content (AvgIpc) is 2.74. The van der Waals surface area contributed by atoms with Crippen LogP contribution in [0.3, 0.4) is 0 Å². The SMILES string of the molecule is [NH3+][C@@H](CO)C(=O)N[C@@H](Cc1ccc(O)cc1)C(=O)Nc1ccc2ccccc2c1. The van der Waals surface area contributed by atoms with Gasteiger partial charge < -0.3 is 26.6 Å². The van der Waals surface area contributed by atoms with Gasteiger partial charge in [-0.1, -0.05) is 42.5 Å². The van der Waals surface area contributed by atoms with Crippen LogP contribution < -0.4 is 16.4 Å². The van der Waals surface area contributed by atoms with E-state index >= 15 is 0 Å². The lowest BCUT2D eigenvalue weighted by atomic mass is 10.0. The van der Waals surface area contributed by atoms with Gasteiger partial charge in [0.1, 0.15) is 18.4 Å². The monoisotopic (exact) mass is 394 g/mol. The first-order valence-corrected chi connectivity index (χ1v) is 9.28. The van der Waals surface area contributed by atoms with E-state index < -0.39 is 24.6 Å². The third kappa shape index (κ3) is 5.31.